The molecule has 1 rings (SSSR count). The van der Waals surface area contributed by atoms with Gasteiger partial charge in [-0.15, -0.1) is 0 Å². The minimum Gasteiger partial charge on any atom is -0.395 e. The van der Waals surface area contributed by atoms with Crippen LogP contribution in [0.15, 0.2) is 18.5 Å². The maximum Gasteiger partial charge on any atom is 0.0587 e. The first-order chi connectivity index (χ1) is 7.17. The quantitative estimate of drug-likeness (QED) is 0.748. The van der Waals surface area contributed by atoms with E-state index in [9.17, 15) is 0 Å². The SMILES string of the molecule is CCn1ccc(CNC(CO)C(C)C)c1. The normalized spacial score (nSPS) is 13.4. The fraction of sp³-hybridized carbons (Fsp3) is 0.667. The molecule has 1 atom stereocenters. The number of hydrogen-bond donors (Lipinski definition) is 2. The molecular formula is C12H22N2O. The maximum atomic E-state index is 9.16. The molecule has 2 N–H and O–H groups in total. The van der Waals surface area contributed by atoms with Gasteiger partial charge in [0.25, 0.3) is 0 Å². The van der Waals surface area contributed by atoms with Crippen molar-refractivity contribution in [2.75, 3.05) is 6.61 Å². The van der Waals surface area contributed by atoms with E-state index in [0.717, 1.165) is 13.1 Å². The van der Waals surface area contributed by atoms with Gasteiger partial charge in [0.1, 0.15) is 0 Å². The summed E-state index contributed by atoms with van der Waals surface area (Å²) in [5.41, 5.74) is 1.27. The molecule has 0 saturated carbocycles. The lowest BCUT2D eigenvalue weighted by molar-refractivity contribution is 0.210. The second-order valence-corrected chi connectivity index (χ2v) is 4.26. The summed E-state index contributed by atoms with van der Waals surface area (Å²) in [4.78, 5) is 0. The zero-order valence-electron chi connectivity index (χ0n) is 9.90. The largest absolute Gasteiger partial charge is 0.395 e. The molecule has 0 fully saturated rings. The molecular weight excluding hydrogens is 188 g/mol. The first-order valence-corrected chi connectivity index (χ1v) is 5.66. The van der Waals surface area contributed by atoms with E-state index < -0.39 is 0 Å². The number of aryl methyl sites for hydroxylation is 1. The van der Waals surface area contributed by atoms with E-state index in [1.807, 2.05) is 0 Å². The van der Waals surface area contributed by atoms with E-state index in [1.54, 1.807) is 0 Å². The number of nitrogens with one attached hydrogen (secondary N) is 1. The van der Waals surface area contributed by atoms with Crippen LogP contribution in [0.3, 0.4) is 0 Å². The van der Waals surface area contributed by atoms with Crippen molar-refractivity contribution >= 4 is 0 Å². The summed E-state index contributed by atoms with van der Waals surface area (Å²) in [5.74, 6) is 0.461. The predicted molar refractivity (Wildman–Crippen MR) is 62.7 cm³/mol. The number of rotatable bonds is 6. The van der Waals surface area contributed by atoms with Crippen molar-refractivity contribution in [2.24, 2.45) is 5.92 Å². The maximum absolute atomic E-state index is 9.16. The van der Waals surface area contributed by atoms with Crippen LogP contribution >= 0.6 is 0 Å². The van der Waals surface area contributed by atoms with Gasteiger partial charge in [-0.05, 0) is 24.5 Å². The first kappa shape index (κ1) is 12.3. The lowest BCUT2D eigenvalue weighted by Gasteiger charge is -2.19. The zero-order valence-corrected chi connectivity index (χ0v) is 9.90. The van der Waals surface area contributed by atoms with Gasteiger partial charge >= 0.3 is 0 Å². The summed E-state index contributed by atoms with van der Waals surface area (Å²) in [5, 5.41) is 12.5. The third kappa shape index (κ3) is 3.68. The predicted octanol–water partition coefficient (Wildman–Crippen LogP) is 1.61. The molecule has 0 spiro atoms. The zero-order chi connectivity index (χ0) is 11.3. The van der Waals surface area contributed by atoms with Crippen molar-refractivity contribution in [3.8, 4) is 0 Å². The van der Waals surface area contributed by atoms with Crippen LogP contribution in [0.5, 0.6) is 0 Å². The molecule has 1 aromatic rings. The van der Waals surface area contributed by atoms with Gasteiger partial charge in [-0.2, -0.15) is 0 Å². The van der Waals surface area contributed by atoms with Crippen LogP contribution < -0.4 is 5.32 Å². The Labute approximate surface area is 92.1 Å². The average Bonchev–Trinajstić information content (AvgIpc) is 2.66. The van der Waals surface area contributed by atoms with Crippen LogP contribution in [0, 0.1) is 5.92 Å². The molecule has 0 bridgehead atoms. The number of hydrogen-bond acceptors (Lipinski definition) is 2. The third-order valence-electron chi connectivity index (χ3n) is 2.75. The Hall–Kier alpha value is -0.800. The molecule has 1 unspecified atom stereocenters. The fourth-order valence-corrected chi connectivity index (χ4v) is 1.55. The van der Waals surface area contributed by atoms with Gasteiger partial charge < -0.3 is 15.0 Å². The Bertz CT molecular complexity index is 281. The van der Waals surface area contributed by atoms with Gasteiger partial charge in [-0.25, -0.2) is 0 Å². The number of aliphatic hydroxyl groups is 1. The van der Waals surface area contributed by atoms with Crippen LogP contribution in [0.25, 0.3) is 0 Å². The summed E-state index contributed by atoms with van der Waals surface area (Å²) in [6, 6.07) is 2.31. The van der Waals surface area contributed by atoms with Crippen molar-refractivity contribution in [2.45, 2.75) is 39.9 Å². The minimum absolute atomic E-state index is 0.190. The fourth-order valence-electron chi connectivity index (χ4n) is 1.55. The summed E-state index contributed by atoms with van der Waals surface area (Å²) in [7, 11) is 0. The monoisotopic (exact) mass is 210 g/mol. The van der Waals surface area contributed by atoms with Crippen molar-refractivity contribution in [1.29, 1.82) is 0 Å². The van der Waals surface area contributed by atoms with Crippen LogP contribution in [0.1, 0.15) is 26.3 Å². The molecule has 0 saturated heterocycles. The van der Waals surface area contributed by atoms with Gasteiger partial charge in [0.2, 0.25) is 0 Å². The highest BCUT2D eigenvalue weighted by Gasteiger charge is 2.10. The van der Waals surface area contributed by atoms with E-state index >= 15 is 0 Å². The smallest absolute Gasteiger partial charge is 0.0587 e. The average molecular weight is 210 g/mol. The number of aromatic nitrogens is 1. The molecule has 0 aliphatic carbocycles. The summed E-state index contributed by atoms with van der Waals surface area (Å²) in [6.07, 6.45) is 4.22. The van der Waals surface area contributed by atoms with E-state index in [-0.39, 0.29) is 12.6 Å². The van der Waals surface area contributed by atoms with Crippen LogP contribution in [0.2, 0.25) is 0 Å². The molecule has 0 amide bonds. The Morgan fingerprint density at radius 2 is 2.20 bits per heavy atom. The second-order valence-electron chi connectivity index (χ2n) is 4.26. The molecule has 3 heteroatoms. The standard InChI is InChI=1S/C12H22N2O/c1-4-14-6-5-11(8-14)7-13-12(9-15)10(2)3/h5-6,8,10,12-13,15H,4,7,9H2,1-3H3. The first-order valence-electron chi connectivity index (χ1n) is 5.66. The van der Waals surface area contributed by atoms with Gasteiger partial charge in [0.15, 0.2) is 0 Å². The molecule has 86 valence electrons. The summed E-state index contributed by atoms with van der Waals surface area (Å²) in [6.45, 7) is 8.40. The van der Waals surface area contributed by atoms with Crippen molar-refractivity contribution in [1.82, 2.24) is 9.88 Å². The third-order valence-corrected chi connectivity index (χ3v) is 2.75. The molecule has 3 nitrogen and oxygen atoms in total. The molecule has 0 radical (unpaired) electrons. The Morgan fingerprint density at radius 1 is 1.47 bits per heavy atom. The van der Waals surface area contributed by atoms with Crippen molar-refractivity contribution in [3.05, 3.63) is 24.0 Å². The number of aliphatic hydroxyl groups excluding tert-OH is 1. The Morgan fingerprint density at radius 3 is 2.67 bits per heavy atom. The van der Waals surface area contributed by atoms with Gasteiger partial charge in [-0.3, -0.25) is 0 Å². The van der Waals surface area contributed by atoms with E-state index in [4.69, 9.17) is 5.11 Å². The summed E-state index contributed by atoms with van der Waals surface area (Å²) >= 11 is 0. The highest BCUT2D eigenvalue weighted by molar-refractivity contribution is 5.10. The molecule has 1 heterocycles. The van der Waals surface area contributed by atoms with Gasteiger partial charge in [0.05, 0.1) is 6.61 Å². The topological polar surface area (TPSA) is 37.2 Å². The highest BCUT2D eigenvalue weighted by Crippen LogP contribution is 2.04. The Kier molecular flexibility index (Phi) is 4.85. The molecule has 0 aliphatic heterocycles. The summed E-state index contributed by atoms with van der Waals surface area (Å²) < 4.78 is 2.15. The Balaban J connectivity index is 2.41. The van der Waals surface area contributed by atoms with Crippen LogP contribution in [-0.4, -0.2) is 22.3 Å². The van der Waals surface area contributed by atoms with Crippen LogP contribution in [-0.2, 0) is 13.1 Å². The van der Waals surface area contributed by atoms with Gasteiger partial charge in [0, 0.05) is 31.5 Å². The lowest BCUT2D eigenvalue weighted by Crippen LogP contribution is -2.36. The minimum atomic E-state index is 0.190. The molecule has 0 aromatic carbocycles. The molecule has 0 aliphatic rings. The molecule has 15 heavy (non-hydrogen) atoms. The molecule has 1 aromatic heterocycles. The van der Waals surface area contributed by atoms with Gasteiger partial charge in [-0.1, -0.05) is 13.8 Å². The van der Waals surface area contributed by atoms with E-state index in [1.165, 1.54) is 5.56 Å². The van der Waals surface area contributed by atoms with Crippen molar-refractivity contribution < 1.29 is 5.11 Å². The van der Waals surface area contributed by atoms with Crippen molar-refractivity contribution in [3.63, 3.8) is 0 Å². The van der Waals surface area contributed by atoms with E-state index in [2.05, 4.69) is 49.1 Å². The number of nitrogens with zero attached hydrogens (tertiary/aromatic N) is 1. The van der Waals surface area contributed by atoms with Crippen LogP contribution in [0.4, 0.5) is 0 Å². The highest BCUT2D eigenvalue weighted by atomic mass is 16.3. The second kappa shape index (κ2) is 5.93. The lowest BCUT2D eigenvalue weighted by atomic mass is 10.1. The van der Waals surface area contributed by atoms with E-state index in [0.29, 0.717) is 5.92 Å².